The van der Waals surface area contributed by atoms with Gasteiger partial charge < -0.3 is 10.2 Å². The first kappa shape index (κ1) is 14.5. The van der Waals surface area contributed by atoms with Crippen LogP contribution < -0.4 is 5.32 Å². The molecule has 0 spiro atoms. The van der Waals surface area contributed by atoms with Gasteiger partial charge in [0.2, 0.25) is 0 Å². The van der Waals surface area contributed by atoms with Crippen LogP contribution in [0.15, 0.2) is 30.3 Å². The molecule has 0 aromatic heterocycles. The van der Waals surface area contributed by atoms with Crippen molar-refractivity contribution in [3.63, 3.8) is 0 Å². The Morgan fingerprint density at radius 1 is 1.11 bits per heavy atom. The Morgan fingerprint density at radius 2 is 1.79 bits per heavy atom. The van der Waals surface area contributed by atoms with Gasteiger partial charge in [0.15, 0.2) is 0 Å². The van der Waals surface area contributed by atoms with Crippen LogP contribution in [0.2, 0.25) is 0 Å². The van der Waals surface area contributed by atoms with E-state index in [9.17, 15) is 0 Å². The Hall–Kier alpha value is -0.900. The first-order chi connectivity index (χ1) is 9.31. The lowest BCUT2D eigenvalue weighted by atomic mass is 10.0. The minimum Gasteiger partial charge on any atom is -0.315 e. The molecule has 3 heteroatoms. The first-order valence-corrected chi connectivity index (χ1v) is 7.49. The molecule has 1 aliphatic rings. The van der Waals surface area contributed by atoms with Gasteiger partial charge in [-0.2, -0.15) is 0 Å². The van der Waals surface area contributed by atoms with Crippen LogP contribution in [0.25, 0.3) is 0 Å². The molecular weight excluding hydrogens is 234 g/mol. The van der Waals surface area contributed by atoms with Gasteiger partial charge in [0.25, 0.3) is 0 Å². The summed E-state index contributed by atoms with van der Waals surface area (Å²) < 4.78 is 0. The van der Waals surface area contributed by atoms with Crippen molar-refractivity contribution in [3.05, 3.63) is 35.9 Å². The van der Waals surface area contributed by atoms with Gasteiger partial charge in [-0.15, -0.1) is 0 Å². The van der Waals surface area contributed by atoms with Crippen LogP contribution in [0.4, 0.5) is 0 Å². The SMILES string of the molecule is CCCNCC(c1ccccc1)N1CCN(C)CC1. The molecule has 1 fully saturated rings. The van der Waals surface area contributed by atoms with Crippen LogP contribution in [-0.4, -0.2) is 56.1 Å². The van der Waals surface area contributed by atoms with E-state index < -0.39 is 0 Å². The second-order valence-corrected chi connectivity index (χ2v) is 5.47. The molecule has 0 radical (unpaired) electrons. The van der Waals surface area contributed by atoms with Crippen LogP contribution in [0.1, 0.15) is 24.9 Å². The number of nitrogens with zero attached hydrogens (tertiary/aromatic N) is 2. The van der Waals surface area contributed by atoms with Gasteiger partial charge in [-0.1, -0.05) is 37.3 Å². The lowest BCUT2D eigenvalue weighted by Gasteiger charge is -2.38. The van der Waals surface area contributed by atoms with Crippen LogP contribution in [0.3, 0.4) is 0 Å². The molecule has 2 rings (SSSR count). The van der Waals surface area contributed by atoms with Crippen LogP contribution in [0, 0.1) is 0 Å². The van der Waals surface area contributed by atoms with Crippen molar-refractivity contribution in [2.45, 2.75) is 19.4 Å². The van der Waals surface area contributed by atoms with Crippen molar-refractivity contribution in [2.24, 2.45) is 0 Å². The molecule has 1 unspecified atom stereocenters. The molecule has 106 valence electrons. The second-order valence-electron chi connectivity index (χ2n) is 5.47. The van der Waals surface area contributed by atoms with Crippen LogP contribution >= 0.6 is 0 Å². The van der Waals surface area contributed by atoms with Gasteiger partial charge in [-0.05, 0) is 25.6 Å². The van der Waals surface area contributed by atoms with Gasteiger partial charge in [-0.3, -0.25) is 4.90 Å². The van der Waals surface area contributed by atoms with E-state index in [2.05, 4.69) is 59.4 Å². The normalized spacial score (nSPS) is 19.5. The number of rotatable bonds is 6. The molecule has 0 bridgehead atoms. The fraction of sp³-hybridized carbons (Fsp3) is 0.625. The quantitative estimate of drug-likeness (QED) is 0.790. The second kappa shape index (κ2) is 7.63. The predicted octanol–water partition coefficient (Wildman–Crippen LogP) is 1.97. The van der Waals surface area contributed by atoms with E-state index in [0.29, 0.717) is 6.04 Å². The molecule has 1 N–H and O–H groups in total. The summed E-state index contributed by atoms with van der Waals surface area (Å²) in [6.45, 7) is 9.08. The maximum absolute atomic E-state index is 3.59. The summed E-state index contributed by atoms with van der Waals surface area (Å²) in [5.74, 6) is 0. The van der Waals surface area contributed by atoms with E-state index in [1.165, 1.54) is 38.2 Å². The van der Waals surface area contributed by atoms with E-state index in [1.54, 1.807) is 0 Å². The van der Waals surface area contributed by atoms with E-state index >= 15 is 0 Å². The number of likely N-dealkylation sites (N-methyl/N-ethyl adjacent to an activating group) is 1. The predicted molar refractivity (Wildman–Crippen MR) is 81.4 cm³/mol. The van der Waals surface area contributed by atoms with E-state index in [0.717, 1.165) is 13.1 Å². The summed E-state index contributed by atoms with van der Waals surface area (Å²) in [6.07, 6.45) is 1.20. The highest BCUT2D eigenvalue weighted by atomic mass is 15.3. The van der Waals surface area contributed by atoms with Crippen LogP contribution in [0.5, 0.6) is 0 Å². The zero-order valence-electron chi connectivity index (χ0n) is 12.3. The lowest BCUT2D eigenvalue weighted by molar-refractivity contribution is 0.110. The maximum atomic E-state index is 3.59. The molecule has 1 aromatic carbocycles. The average molecular weight is 261 g/mol. The van der Waals surface area contributed by atoms with Gasteiger partial charge >= 0.3 is 0 Å². The Balaban J connectivity index is 2.01. The minimum absolute atomic E-state index is 0.515. The van der Waals surface area contributed by atoms with Gasteiger partial charge in [0.05, 0.1) is 0 Å². The molecule has 1 heterocycles. The summed E-state index contributed by atoms with van der Waals surface area (Å²) in [4.78, 5) is 5.04. The highest BCUT2D eigenvalue weighted by molar-refractivity contribution is 5.19. The van der Waals surface area contributed by atoms with E-state index in [-0.39, 0.29) is 0 Å². The number of nitrogens with one attached hydrogen (secondary N) is 1. The van der Waals surface area contributed by atoms with E-state index in [1.807, 2.05) is 0 Å². The topological polar surface area (TPSA) is 18.5 Å². The van der Waals surface area contributed by atoms with Gasteiger partial charge in [0.1, 0.15) is 0 Å². The molecule has 0 saturated carbocycles. The summed E-state index contributed by atoms with van der Waals surface area (Å²) >= 11 is 0. The first-order valence-electron chi connectivity index (χ1n) is 7.49. The standard InChI is InChI=1S/C16H27N3/c1-3-9-17-14-16(15-7-5-4-6-8-15)19-12-10-18(2)11-13-19/h4-8,16-17H,3,9-14H2,1-2H3. The lowest BCUT2D eigenvalue weighted by Crippen LogP contribution is -2.48. The third kappa shape index (κ3) is 4.30. The molecule has 0 amide bonds. The van der Waals surface area contributed by atoms with Gasteiger partial charge in [0, 0.05) is 38.8 Å². The number of hydrogen-bond acceptors (Lipinski definition) is 3. The number of piperazine rings is 1. The molecule has 3 nitrogen and oxygen atoms in total. The molecule has 1 saturated heterocycles. The fourth-order valence-electron chi connectivity index (χ4n) is 2.68. The average Bonchev–Trinajstić information content (AvgIpc) is 2.46. The number of benzene rings is 1. The van der Waals surface area contributed by atoms with Crippen molar-refractivity contribution in [2.75, 3.05) is 46.3 Å². The van der Waals surface area contributed by atoms with Crippen molar-refractivity contribution >= 4 is 0 Å². The Kier molecular flexibility index (Phi) is 5.83. The highest BCUT2D eigenvalue weighted by Crippen LogP contribution is 2.21. The largest absolute Gasteiger partial charge is 0.315 e. The fourth-order valence-corrected chi connectivity index (χ4v) is 2.68. The molecule has 1 aromatic rings. The van der Waals surface area contributed by atoms with Crippen LogP contribution in [-0.2, 0) is 0 Å². The molecule has 19 heavy (non-hydrogen) atoms. The van der Waals surface area contributed by atoms with Gasteiger partial charge in [-0.25, -0.2) is 0 Å². The minimum atomic E-state index is 0.515. The zero-order valence-corrected chi connectivity index (χ0v) is 12.3. The monoisotopic (exact) mass is 261 g/mol. The maximum Gasteiger partial charge on any atom is 0.0473 e. The third-order valence-electron chi connectivity index (χ3n) is 3.93. The highest BCUT2D eigenvalue weighted by Gasteiger charge is 2.23. The summed E-state index contributed by atoms with van der Waals surface area (Å²) in [5, 5.41) is 3.59. The molecule has 1 aliphatic heterocycles. The smallest absolute Gasteiger partial charge is 0.0473 e. The summed E-state index contributed by atoms with van der Waals surface area (Å²) in [6, 6.07) is 11.4. The zero-order chi connectivity index (χ0) is 13.5. The van der Waals surface area contributed by atoms with Crippen molar-refractivity contribution in [3.8, 4) is 0 Å². The Morgan fingerprint density at radius 3 is 2.42 bits per heavy atom. The van der Waals surface area contributed by atoms with Crippen molar-refractivity contribution in [1.29, 1.82) is 0 Å². The Labute approximate surface area is 117 Å². The summed E-state index contributed by atoms with van der Waals surface area (Å²) in [7, 11) is 2.21. The third-order valence-corrected chi connectivity index (χ3v) is 3.93. The molecule has 0 aliphatic carbocycles. The molecular formula is C16H27N3. The number of hydrogen-bond donors (Lipinski definition) is 1. The van der Waals surface area contributed by atoms with E-state index in [4.69, 9.17) is 0 Å². The van der Waals surface area contributed by atoms with Crippen molar-refractivity contribution in [1.82, 2.24) is 15.1 Å². The van der Waals surface area contributed by atoms with Crippen molar-refractivity contribution < 1.29 is 0 Å². The summed E-state index contributed by atoms with van der Waals surface area (Å²) in [5.41, 5.74) is 1.44. The Bertz CT molecular complexity index is 344. The molecule has 1 atom stereocenters.